The maximum absolute atomic E-state index is 2.61. The van der Waals surface area contributed by atoms with Gasteiger partial charge in [0.1, 0.15) is 0 Å². The van der Waals surface area contributed by atoms with Gasteiger partial charge < -0.3 is 0 Å². The van der Waals surface area contributed by atoms with Crippen LogP contribution in [0, 0.1) is 29.1 Å². The van der Waals surface area contributed by atoms with Gasteiger partial charge in [0.25, 0.3) is 0 Å². The quantitative estimate of drug-likeness (QED) is 0.606. The molecule has 4 unspecified atom stereocenters. The van der Waals surface area contributed by atoms with Gasteiger partial charge in [-0.15, -0.1) is 0 Å². The second kappa shape index (κ2) is 4.11. The molecular weight excluding hydrogens is 180 g/mol. The maximum atomic E-state index is 2.61. The van der Waals surface area contributed by atoms with Crippen LogP contribution < -0.4 is 0 Å². The molecule has 0 aliphatic heterocycles. The third-order valence-corrected chi connectivity index (χ3v) is 5.67. The highest BCUT2D eigenvalue weighted by molar-refractivity contribution is 5.00. The van der Waals surface area contributed by atoms with Crippen molar-refractivity contribution in [1.82, 2.24) is 0 Å². The van der Waals surface area contributed by atoms with Gasteiger partial charge in [0, 0.05) is 0 Å². The Morgan fingerprint density at radius 3 is 2.53 bits per heavy atom. The molecule has 0 heterocycles. The lowest BCUT2D eigenvalue weighted by atomic mass is 9.59. The number of fused-ring (bicyclic) bond motifs is 1. The second-order valence-corrected chi connectivity index (χ2v) is 6.60. The van der Waals surface area contributed by atoms with Gasteiger partial charge in [-0.1, -0.05) is 47.0 Å². The van der Waals surface area contributed by atoms with E-state index in [0.29, 0.717) is 5.41 Å². The van der Waals surface area contributed by atoms with Gasteiger partial charge in [-0.3, -0.25) is 0 Å². The normalized spacial score (nSPS) is 45.8. The standard InChI is InChI=1S/C15H28/c1-5-12-7-6-10-15(4)13(11(2)3)8-9-14(12)15/h11-14H,5-10H2,1-4H3. The van der Waals surface area contributed by atoms with Crippen LogP contribution in [-0.2, 0) is 0 Å². The number of hydrogen-bond donors (Lipinski definition) is 0. The van der Waals surface area contributed by atoms with Crippen LogP contribution in [0.1, 0.15) is 66.2 Å². The minimum atomic E-state index is 0.701. The summed E-state index contributed by atoms with van der Waals surface area (Å²) in [6.45, 7) is 9.89. The van der Waals surface area contributed by atoms with Crippen LogP contribution in [0.2, 0.25) is 0 Å². The lowest BCUT2D eigenvalue weighted by Crippen LogP contribution is -2.38. The Balaban J connectivity index is 2.19. The van der Waals surface area contributed by atoms with Crippen molar-refractivity contribution >= 4 is 0 Å². The van der Waals surface area contributed by atoms with E-state index in [4.69, 9.17) is 0 Å². The van der Waals surface area contributed by atoms with E-state index in [2.05, 4.69) is 27.7 Å². The van der Waals surface area contributed by atoms with Gasteiger partial charge >= 0.3 is 0 Å². The third-order valence-electron chi connectivity index (χ3n) is 5.67. The zero-order valence-electron chi connectivity index (χ0n) is 11.1. The van der Waals surface area contributed by atoms with E-state index < -0.39 is 0 Å². The molecule has 2 aliphatic rings. The molecule has 0 N–H and O–H groups in total. The van der Waals surface area contributed by atoms with Gasteiger partial charge in [-0.05, 0) is 48.3 Å². The molecule has 2 aliphatic carbocycles. The topological polar surface area (TPSA) is 0 Å². The Hall–Kier alpha value is 0. The van der Waals surface area contributed by atoms with Crippen molar-refractivity contribution < 1.29 is 0 Å². The number of rotatable bonds is 2. The Bertz CT molecular complexity index is 218. The van der Waals surface area contributed by atoms with Gasteiger partial charge in [-0.25, -0.2) is 0 Å². The molecule has 2 fully saturated rings. The summed E-state index contributed by atoms with van der Waals surface area (Å²) in [4.78, 5) is 0. The highest BCUT2D eigenvalue weighted by Crippen LogP contribution is 2.59. The highest BCUT2D eigenvalue weighted by Gasteiger charge is 2.51. The van der Waals surface area contributed by atoms with Crippen LogP contribution in [0.3, 0.4) is 0 Å². The summed E-state index contributed by atoms with van der Waals surface area (Å²) in [5.41, 5.74) is 0.701. The summed E-state index contributed by atoms with van der Waals surface area (Å²) >= 11 is 0. The van der Waals surface area contributed by atoms with Gasteiger partial charge in [0.2, 0.25) is 0 Å². The SMILES string of the molecule is CCC1CCCC2(C)C(C(C)C)CCC12. The summed E-state index contributed by atoms with van der Waals surface area (Å²) in [5.74, 6) is 4.02. The Morgan fingerprint density at radius 2 is 1.93 bits per heavy atom. The molecule has 0 bridgehead atoms. The molecule has 4 atom stereocenters. The molecule has 88 valence electrons. The first-order valence-electron chi connectivity index (χ1n) is 7.09. The third kappa shape index (κ3) is 1.74. The Kier molecular flexibility index (Phi) is 3.14. The summed E-state index contributed by atoms with van der Waals surface area (Å²) in [6.07, 6.45) is 8.98. The first kappa shape index (κ1) is 11.5. The van der Waals surface area contributed by atoms with Crippen LogP contribution in [0.4, 0.5) is 0 Å². The lowest BCUT2D eigenvalue weighted by molar-refractivity contribution is 0.0325. The molecule has 0 aromatic heterocycles. The molecule has 0 radical (unpaired) electrons. The van der Waals surface area contributed by atoms with Crippen LogP contribution in [0.5, 0.6) is 0 Å². The van der Waals surface area contributed by atoms with E-state index in [1.165, 1.54) is 38.5 Å². The zero-order valence-corrected chi connectivity index (χ0v) is 11.1. The van der Waals surface area contributed by atoms with Gasteiger partial charge in [-0.2, -0.15) is 0 Å². The zero-order chi connectivity index (χ0) is 11.1. The minimum absolute atomic E-state index is 0.701. The predicted octanol–water partition coefficient (Wildman–Crippen LogP) is 4.89. The van der Waals surface area contributed by atoms with E-state index in [1.807, 2.05) is 0 Å². The smallest absolute Gasteiger partial charge is 0.0264 e. The van der Waals surface area contributed by atoms with Crippen molar-refractivity contribution in [1.29, 1.82) is 0 Å². The Labute approximate surface area is 95.8 Å². The first-order valence-corrected chi connectivity index (χ1v) is 7.09. The van der Waals surface area contributed by atoms with Gasteiger partial charge in [0.15, 0.2) is 0 Å². The second-order valence-electron chi connectivity index (χ2n) is 6.60. The summed E-state index contributed by atoms with van der Waals surface area (Å²) < 4.78 is 0. The molecule has 0 aromatic rings. The average Bonchev–Trinajstić information content (AvgIpc) is 2.54. The fraction of sp³-hybridized carbons (Fsp3) is 1.00. The van der Waals surface area contributed by atoms with Crippen LogP contribution in [0.25, 0.3) is 0 Å². The van der Waals surface area contributed by atoms with E-state index in [1.54, 1.807) is 0 Å². The van der Waals surface area contributed by atoms with E-state index in [-0.39, 0.29) is 0 Å². The van der Waals surface area contributed by atoms with Crippen LogP contribution >= 0.6 is 0 Å². The maximum Gasteiger partial charge on any atom is -0.0264 e. The van der Waals surface area contributed by atoms with Gasteiger partial charge in [0.05, 0.1) is 0 Å². The number of hydrogen-bond acceptors (Lipinski definition) is 0. The van der Waals surface area contributed by atoms with Crippen LogP contribution in [-0.4, -0.2) is 0 Å². The van der Waals surface area contributed by atoms with Crippen molar-refractivity contribution in [2.75, 3.05) is 0 Å². The Morgan fingerprint density at radius 1 is 1.20 bits per heavy atom. The molecule has 2 saturated carbocycles. The van der Waals surface area contributed by atoms with Crippen molar-refractivity contribution in [3.63, 3.8) is 0 Å². The molecular formula is C15H28. The monoisotopic (exact) mass is 208 g/mol. The molecule has 0 heteroatoms. The van der Waals surface area contributed by atoms with Crippen LogP contribution in [0.15, 0.2) is 0 Å². The molecule has 0 aromatic carbocycles. The van der Waals surface area contributed by atoms with E-state index >= 15 is 0 Å². The minimum Gasteiger partial charge on any atom is -0.0651 e. The van der Waals surface area contributed by atoms with Crippen molar-refractivity contribution in [2.45, 2.75) is 66.2 Å². The van der Waals surface area contributed by atoms with Crippen molar-refractivity contribution in [3.8, 4) is 0 Å². The fourth-order valence-electron chi connectivity index (χ4n) is 4.97. The molecule has 2 rings (SSSR count). The highest BCUT2D eigenvalue weighted by atomic mass is 14.6. The largest absolute Gasteiger partial charge is 0.0651 e. The predicted molar refractivity (Wildman–Crippen MR) is 66.8 cm³/mol. The summed E-state index contributed by atoms with van der Waals surface area (Å²) in [6, 6.07) is 0. The molecule has 0 spiro atoms. The van der Waals surface area contributed by atoms with Crippen molar-refractivity contribution in [3.05, 3.63) is 0 Å². The average molecular weight is 208 g/mol. The summed E-state index contributed by atoms with van der Waals surface area (Å²) in [7, 11) is 0. The van der Waals surface area contributed by atoms with E-state index in [9.17, 15) is 0 Å². The lowest BCUT2D eigenvalue weighted by Gasteiger charge is -2.46. The van der Waals surface area contributed by atoms with Crippen molar-refractivity contribution in [2.24, 2.45) is 29.1 Å². The first-order chi connectivity index (χ1) is 7.09. The molecule has 0 nitrogen and oxygen atoms in total. The fourth-order valence-corrected chi connectivity index (χ4v) is 4.97. The summed E-state index contributed by atoms with van der Waals surface area (Å²) in [5, 5.41) is 0. The molecule has 0 saturated heterocycles. The molecule has 0 amide bonds. The molecule has 15 heavy (non-hydrogen) atoms. The van der Waals surface area contributed by atoms with E-state index in [0.717, 1.165) is 23.7 Å².